The lowest BCUT2D eigenvalue weighted by Crippen LogP contribution is -2.20. The summed E-state index contributed by atoms with van der Waals surface area (Å²) in [4.78, 5) is 15.2. The lowest BCUT2D eigenvalue weighted by molar-refractivity contribution is 0.403. The second-order valence-electron chi connectivity index (χ2n) is 6.41. The molecule has 3 aromatic rings. The summed E-state index contributed by atoms with van der Waals surface area (Å²) in [6.45, 7) is 8.64. The highest BCUT2D eigenvalue weighted by atomic mass is 32.2. The van der Waals surface area contributed by atoms with Gasteiger partial charge in [-0.15, -0.1) is 0 Å². The lowest BCUT2D eigenvalue weighted by atomic mass is 10.1. The van der Waals surface area contributed by atoms with Crippen LogP contribution in [-0.4, -0.2) is 20.1 Å². The van der Waals surface area contributed by atoms with Crippen molar-refractivity contribution in [1.82, 2.24) is 4.57 Å². The summed E-state index contributed by atoms with van der Waals surface area (Å²) >= 11 is 0. The van der Waals surface area contributed by atoms with Crippen molar-refractivity contribution in [2.75, 3.05) is 7.11 Å². The normalized spacial score (nSPS) is 11.4. The second-order valence-corrected chi connectivity index (χ2v) is 8.37. The summed E-state index contributed by atoms with van der Waals surface area (Å²) in [5.74, 6) is -1.05. The van der Waals surface area contributed by atoms with Crippen LogP contribution in [0.15, 0.2) is 46.1 Å². The van der Waals surface area contributed by atoms with E-state index in [1.165, 1.54) is 36.9 Å². The van der Waals surface area contributed by atoms with Gasteiger partial charge in [-0.05, 0) is 36.8 Å². The fraction of sp³-hybridized carbons (Fsp3) is 0.200. The van der Waals surface area contributed by atoms with Gasteiger partial charge in [0.2, 0.25) is 0 Å². The van der Waals surface area contributed by atoms with E-state index in [1.807, 2.05) is 0 Å². The van der Waals surface area contributed by atoms with E-state index in [4.69, 9.17) is 11.3 Å². The van der Waals surface area contributed by atoms with Gasteiger partial charge in [-0.3, -0.25) is 4.79 Å². The second kappa shape index (κ2) is 7.09. The summed E-state index contributed by atoms with van der Waals surface area (Å²) in [6.07, 6.45) is 0. The molecular formula is C20H17FN2O4S. The number of aromatic nitrogens is 1. The Morgan fingerprint density at radius 1 is 1.21 bits per heavy atom. The van der Waals surface area contributed by atoms with Crippen molar-refractivity contribution >= 4 is 26.4 Å². The number of hydrogen-bond donors (Lipinski definition) is 0. The average Bonchev–Trinajstić information content (AvgIpc) is 2.64. The van der Waals surface area contributed by atoms with Crippen LogP contribution in [0.4, 0.5) is 10.1 Å². The Morgan fingerprint density at radius 2 is 1.93 bits per heavy atom. The molecule has 8 heteroatoms. The van der Waals surface area contributed by atoms with Crippen LogP contribution in [0.25, 0.3) is 15.7 Å². The molecule has 0 radical (unpaired) electrons. The SMILES string of the molecule is [C-]#[N+]c1ccc(S(=O)(=O)Cc2cc(F)c3c(c2)cc(C)c(=O)n3C)c(OC)c1. The number of halogens is 1. The Balaban J connectivity index is 2.11. The van der Waals surface area contributed by atoms with Crippen LogP contribution < -0.4 is 10.3 Å². The van der Waals surface area contributed by atoms with Gasteiger partial charge in [0.25, 0.3) is 5.56 Å². The van der Waals surface area contributed by atoms with E-state index in [0.29, 0.717) is 10.9 Å². The van der Waals surface area contributed by atoms with Crippen molar-refractivity contribution < 1.29 is 17.5 Å². The van der Waals surface area contributed by atoms with Gasteiger partial charge in [0.1, 0.15) is 16.5 Å². The summed E-state index contributed by atoms with van der Waals surface area (Å²) < 4.78 is 46.7. The highest BCUT2D eigenvalue weighted by Crippen LogP contribution is 2.31. The first-order chi connectivity index (χ1) is 13.2. The molecule has 28 heavy (non-hydrogen) atoms. The van der Waals surface area contributed by atoms with E-state index in [9.17, 15) is 17.6 Å². The summed E-state index contributed by atoms with van der Waals surface area (Å²) in [5.41, 5.74) is 0.751. The van der Waals surface area contributed by atoms with Crippen molar-refractivity contribution in [3.63, 3.8) is 0 Å². The third kappa shape index (κ3) is 3.37. The van der Waals surface area contributed by atoms with Gasteiger partial charge >= 0.3 is 0 Å². The van der Waals surface area contributed by atoms with Crippen LogP contribution in [0.5, 0.6) is 5.75 Å². The minimum atomic E-state index is -3.86. The molecule has 0 unspecified atom stereocenters. The molecule has 0 aliphatic rings. The zero-order chi connectivity index (χ0) is 20.6. The van der Waals surface area contributed by atoms with E-state index in [-0.39, 0.29) is 33.0 Å². The first-order valence-corrected chi connectivity index (χ1v) is 9.90. The summed E-state index contributed by atoms with van der Waals surface area (Å²) in [6, 6.07) is 8.27. The maximum atomic E-state index is 14.6. The number of rotatable bonds is 4. The molecule has 1 aromatic heterocycles. The Hall–Kier alpha value is -3.18. The van der Waals surface area contributed by atoms with Crippen molar-refractivity contribution in [2.24, 2.45) is 7.05 Å². The van der Waals surface area contributed by atoms with Crippen molar-refractivity contribution in [3.8, 4) is 5.75 Å². The van der Waals surface area contributed by atoms with E-state index in [2.05, 4.69) is 4.85 Å². The standard InChI is InChI=1S/C20H17FN2O4S/c1-12-7-14-8-13(9-16(21)19(14)23(3)20(12)24)11-28(25,26)18-6-5-15(22-2)10-17(18)27-4/h5-10H,11H2,1,3-4H3. The van der Waals surface area contributed by atoms with E-state index in [0.717, 1.165) is 6.07 Å². The molecule has 0 aliphatic heterocycles. The van der Waals surface area contributed by atoms with Gasteiger partial charge in [0.05, 0.1) is 25.0 Å². The molecule has 2 aromatic carbocycles. The van der Waals surface area contributed by atoms with Crippen LogP contribution in [0, 0.1) is 19.3 Å². The molecule has 0 atom stereocenters. The first kappa shape index (κ1) is 19.6. The quantitative estimate of drug-likeness (QED) is 0.629. The molecule has 0 fully saturated rings. The molecular weight excluding hydrogens is 383 g/mol. The largest absolute Gasteiger partial charge is 0.497 e. The molecule has 0 N–H and O–H groups in total. The van der Waals surface area contributed by atoms with Gasteiger partial charge in [-0.1, -0.05) is 12.1 Å². The zero-order valence-electron chi connectivity index (χ0n) is 15.5. The fourth-order valence-corrected chi connectivity index (χ4v) is 4.65. The number of fused-ring (bicyclic) bond motifs is 1. The minimum absolute atomic E-state index is 0.0630. The number of ether oxygens (including phenoxy) is 1. The summed E-state index contributed by atoms with van der Waals surface area (Å²) in [5, 5.41) is 0.445. The number of methoxy groups -OCH3 is 1. The van der Waals surface area contributed by atoms with Gasteiger partial charge in [0.15, 0.2) is 15.5 Å². The van der Waals surface area contributed by atoms with E-state index in [1.54, 1.807) is 19.1 Å². The van der Waals surface area contributed by atoms with Gasteiger partial charge in [-0.25, -0.2) is 17.7 Å². The van der Waals surface area contributed by atoms with E-state index < -0.39 is 21.4 Å². The van der Waals surface area contributed by atoms with Crippen molar-refractivity contribution in [2.45, 2.75) is 17.6 Å². The molecule has 0 spiro atoms. The minimum Gasteiger partial charge on any atom is -0.497 e. The lowest BCUT2D eigenvalue weighted by Gasteiger charge is -2.12. The maximum Gasteiger partial charge on any atom is 0.253 e. The van der Waals surface area contributed by atoms with Crippen molar-refractivity contribution in [3.05, 3.63) is 75.1 Å². The Morgan fingerprint density at radius 3 is 2.57 bits per heavy atom. The Kier molecular flexibility index (Phi) is 4.96. The molecule has 0 amide bonds. The maximum absolute atomic E-state index is 14.6. The van der Waals surface area contributed by atoms with Crippen LogP contribution in [0.2, 0.25) is 0 Å². The first-order valence-electron chi connectivity index (χ1n) is 8.25. The predicted octanol–water partition coefficient (Wildman–Crippen LogP) is 3.52. The van der Waals surface area contributed by atoms with Crippen LogP contribution in [-0.2, 0) is 22.6 Å². The Bertz CT molecular complexity index is 1300. The molecule has 0 saturated heterocycles. The zero-order valence-corrected chi connectivity index (χ0v) is 16.3. The molecule has 6 nitrogen and oxygen atoms in total. The molecule has 3 rings (SSSR count). The molecule has 1 heterocycles. The highest BCUT2D eigenvalue weighted by Gasteiger charge is 2.22. The third-order valence-corrected chi connectivity index (χ3v) is 6.19. The Labute approximate surface area is 161 Å². The van der Waals surface area contributed by atoms with E-state index >= 15 is 0 Å². The molecule has 0 aliphatic carbocycles. The molecule has 0 bridgehead atoms. The molecule has 144 valence electrons. The highest BCUT2D eigenvalue weighted by molar-refractivity contribution is 7.90. The number of benzene rings is 2. The summed E-state index contributed by atoms with van der Waals surface area (Å²) in [7, 11) is -1.06. The van der Waals surface area contributed by atoms with Crippen LogP contribution in [0.3, 0.4) is 0 Å². The van der Waals surface area contributed by atoms with Crippen molar-refractivity contribution in [1.29, 1.82) is 0 Å². The van der Waals surface area contributed by atoms with Crippen LogP contribution in [0.1, 0.15) is 11.1 Å². The number of nitrogens with zero attached hydrogens (tertiary/aromatic N) is 2. The van der Waals surface area contributed by atoms with Gasteiger partial charge < -0.3 is 9.30 Å². The monoisotopic (exact) mass is 400 g/mol. The van der Waals surface area contributed by atoms with Gasteiger partial charge in [0, 0.05) is 18.0 Å². The topological polar surface area (TPSA) is 69.7 Å². The fourth-order valence-electron chi connectivity index (χ4n) is 3.17. The van der Waals surface area contributed by atoms with Gasteiger partial charge in [-0.2, -0.15) is 0 Å². The average molecular weight is 400 g/mol. The number of aryl methyl sites for hydroxylation is 2. The predicted molar refractivity (Wildman–Crippen MR) is 104 cm³/mol. The number of pyridine rings is 1. The number of hydrogen-bond acceptors (Lipinski definition) is 4. The number of sulfone groups is 1. The molecule has 0 saturated carbocycles. The third-order valence-electron chi connectivity index (χ3n) is 4.47. The smallest absolute Gasteiger partial charge is 0.253 e. The van der Waals surface area contributed by atoms with Crippen LogP contribution >= 0.6 is 0 Å².